The Hall–Kier alpha value is -13.9. The summed E-state index contributed by atoms with van der Waals surface area (Å²) in [6.45, 7) is 0. The largest absolute Gasteiger partial charge is 0.308 e. The maximum absolute atomic E-state index is 15.4. The van der Waals surface area contributed by atoms with Gasteiger partial charge in [0.05, 0.1) is 95.4 Å². The number of para-hydroxylation sites is 4. The number of aromatic nitrogens is 12. The highest BCUT2D eigenvalue weighted by atomic mass is 19.1. The Morgan fingerprint density at radius 1 is 0.208 bits per heavy atom. The standard InChI is InChI=1S/C44H27FN6.C44H28N6/c45-30-25-29(26-32(27-30)51-42-18-4-2-10-34(42)36-12-8-24-47-44(36)51)38-14-6-16-40(49-38)39-15-5-13-37(48-39)28-19-21-31(22-20-28)50-41-17-3-1-9-33(41)35-11-7-23-46-43(35)50;1-3-15-39-33(9-1)43-41(17-7-27-45-43)49(39)31-23-19-29(20-24-31)35-11-5-13-37(47-35)38-14-6-12-36(48-38)30-21-25-32(26-22-30)50-40-16-4-2-10-34(40)44-42(50)18-8-28-46-44/h1-27H;1-28H. The molecule has 0 bridgehead atoms. The summed E-state index contributed by atoms with van der Waals surface area (Å²) in [5.41, 5.74) is 24.2. The first-order valence-corrected chi connectivity index (χ1v) is 33.4. The Labute approximate surface area is 577 Å². The number of hydrogen-bond donors (Lipinski definition) is 0. The van der Waals surface area contributed by atoms with Crippen LogP contribution < -0.4 is 0 Å². The predicted octanol–water partition coefficient (Wildman–Crippen LogP) is 21.1. The minimum Gasteiger partial charge on any atom is -0.308 e. The van der Waals surface area contributed by atoms with Crippen molar-refractivity contribution >= 4 is 87.7 Å². The van der Waals surface area contributed by atoms with E-state index in [1.165, 1.54) is 11.5 Å². The lowest BCUT2D eigenvalue weighted by Crippen LogP contribution is -1.98. The van der Waals surface area contributed by atoms with Crippen molar-refractivity contribution in [1.82, 2.24) is 58.1 Å². The smallest absolute Gasteiger partial charge is 0.145 e. The van der Waals surface area contributed by atoms with Crippen LogP contribution in [0.25, 0.3) is 178 Å². The molecule has 0 aliphatic heterocycles. The molecule has 101 heavy (non-hydrogen) atoms. The van der Waals surface area contributed by atoms with E-state index in [2.05, 4.69) is 211 Å². The van der Waals surface area contributed by atoms with E-state index in [-0.39, 0.29) is 5.82 Å². The summed E-state index contributed by atoms with van der Waals surface area (Å²) in [4.78, 5) is 38.8. The molecule has 0 aliphatic carbocycles. The van der Waals surface area contributed by atoms with Gasteiger partial charge in [0.2, 0.25) is 0 Å². The number of pyridine rings is 8. The average Bonchev–Trinajstić information content (AvgIpc) is 1.61. The molecule has 0 fully saturated rings. The van der Waals surface area contributed by atoms with Gasteiger partial charge in [-0.05, 0) is 176 Å². The van der Waals surface area contributed by atoms with Gasteiger partial charge in [0.25, 0.3) is 0 Å². The van der Waals surface area contributed by atoms with E-state index in [1.807, 2.05) is 138 Å². The molecule has 20 rings (SSSR count). The molecule has 13 heteroatoms. The van der Waals surface area contributed by atoms with Gasteiger partial charge in [-0.3, -0.25) is 19.1 Å². The third kappa shape index (κ3) is 10.2. The molecule has 0 spiro atoms. The first-order chi connectivity index (χ1) is 50.0. The lowest BCUT2D eigenvalue weighted by molar-refractivity contribution is 0.627. The molecule has 0 saturated heterocycles. The molecule has 0 N–H and O–H groups in total. The van der Waals surface area contributed by atoms with E-state index in [1.54, 1.807) is 12.3 Å². The first kappa shape index (κ1) is 58.4. The maximum atomic E-state index is 15.4. The zero-order chi connectivity index (χ0) is 66.9. The number of rotatable bonds is 10. The molecule has 0 amide bonds. The Kier molecular flexibility index (Phi) is 14.1. The minimum absolute atomic E-state index is 0.350. The van der Waals surface area contributed by atoms with Crippen LogP contribution >= 0.6 is 0 Å². The van der Waals surface area contributed by atoms with E-state index in [9.17, 15) is 0 Å². The van der Waals surface area contributed by atoms with Crippen LogP contribution in [-0.2, 0) is 0 Å². The van der Waals surface area contributed by atoms with Crippen molar-refractivity contribution in [2.45, 2.75) is 0 Å². The average molecular weight is 1300 g/mol. The van der Waals surface area contributed by atoms with Gasteiger partial charge in [-0.2, -0.15) is 0 Å². The van der Waals surface area contributed by atoms with Crippen LogP contribution in [-0.4, -0.2) is 58.1 Å². The van der Waals surface area contributed by atoms with E-state index in [0.717, 1.165) is 150 Å². The Bertz CT molecular complexity index is 6200. The monoisotopic (exact) mass is 1300 g/mol. The van der Waals surface area contributed by atoms with Crippen molar-refractivity contribution in [3.8, 4) is 90.6 Å². The Morgan fingerprint density at radius 2 is 0.515 bits per heavy atom. The molecule has 12 nitrogen and oxygen atoms in total. The second-order valence-corrected chi connectivity index (χ2v) is 24.9. The van der Waals surface area contributed by atoms with Gasteiger partial charge in [-0.25, -0.2) is 34.3 Å². The SMILES string of the molecule is Fc1cc(-c2cccc(-c3cccc(-c4ccc(-n5c6ccccc6c6cccnc65)cc4)n3)n2)cc(-n2c3ccccc3c3cccnc32)c1.c1cc(-c2ccc(-n3c4ccccc4c4ncccc43)cc2)nc(-c2cccc(-c3ccc(-n4c5ccccc5c5ncccc54)cc3)n2)c1. The molecule has 0 unspecified atom stereocenters. The highest BCUT2D eigenvalue weighted by Crippen LogP contribution is 2.38. The molecule has 12 heterocycles. The summed E-state index contributed by atoms with van der Waals surface area (Å²) < 4.78 is 24.1. The molecule has 8 aromatic carbocycles. The van der Waals surface area contributed by atoms with Gasteiger partial charge in [0.15, 0.2) is 0 Å². The fraction of sp³-hybridized carbons (Fsp3) is 0. The summed E-state index contributed by atoms with van der Waals surface area (Å²) in [7, 11) is 0. The van der Waals surface area contributed by atoms with Crippen molar-refractivity contribution in [1.29, 1.82) is 0 Å². The number of halogens is 1. The molecule has 0 atom stereocenters. The summed E-state index contributed by atoms with van der Waals surface area (Å²) in [6, 6.07) is 104. The van der Waals surface area contributed by atoms with Gasteiger partial charge < -0.3 is 9.13 Å². The lowest BCUT2D eigenvalue weighted by atomic mass is 10.1. The zero-order valence-corrected chi connectivity index (χ0v) is 54.0. The molecular weight excluding hydrogens is 1240 g/mol. The van der Waals surface area contributed by atoms with Crippen molar-refractivity contribution in [2.24, 2.45) is 0 Å². The summed E-state index contributed by atoms with van der Waals surface area (Å²) >= 11 is 0. The van der Waals surface area contributed by atoms with Crippen LogP contribution in [0.15, 0.2) is 334 Å². The minimum atomic E-state index is -0.350. The second kappa shape index (κ2) is 24.3. The first-order valence-electron chi connectivity index (χ1n) is 33.4. The number of hydrogen-bond acceptors (Lipinski definition) is 8. The number of fused-ring (bicyclic) bond motifs is 12. The van der Waals surface area contributed by atoms with Crippen LogP contribution in [0.4, 0.5) is 4.39 Å². The van der Waals surface area contributed by atoms with Crippen molar-refractivity contribution in [2.75, 3.05) is 0 Å². The highest BCUT2D eigenvalue weighted by Gasteiger charge is 2.20. The quantitative estimate of drug-likeness (QED) is 0.133. The summed E-state index contributed by atoms with van der Waals surface area (Å²) in [6.07, 6.45) is 7.31. The number of benzene rings is 8. The molecule has 0 radical (unpaired) electrons. The van der Waals surface area contributed by atoms with Crippen molar-refractivity contribution in [3.05, 3.63) is 340 Å². The third-order valence-corrected chi connectivity index (χ3v) is 18.9. The zero-order valence-electron chi connectivity index (χ0n) is 54.0. The molecule has 0 aliphatic rings. The lowest BCUT2D eigenvalue weighted by Gasteiger charge is -2.11. The molecule has 20 aromatic rings. The van der Waals surface area contributed by atoms with Gasteiger partial charge in [-0.15, -0.1) is 0 Å². The summed E-state index contributed by atoms with van der Waals surface area (Å²) in [5.74, 6) is -0.350. The van der Waals surface area contributed by atoms with E-state index < -0.39 is 0 Å². The van der Waals surface area contributed by atoms with Crippen LogP contribution in [0.5, 0.6) is 0 Å². The van der Waals surface area contributed by atoms with E-state index >= 15 is 4.39 Å². The van der Waals surface area contributed by atoms with Gasteiger partial charge >= 0.3 is 0 Å². The molecule has 0 saturated carbocycles. The second-order valence-electron chi connectivity index (χ2n) is 24.9. The molecule has 474 valence electrons. The third-order valence-electron chi connectivity index (χ3n) is 18.9. The van der Waals surface area contributed by atoms with E-state index in [0.29, 0.717) is 22.6 Å². The Balaban J connectivity index is 0.000000140. The van der Waals surface area contributed by atoms with Crippen LogP contribution in [0.2, 0.25) is 0 Å². The maximum Gasteiger partial charge on any atom is 0.145 e. The Morgan fingerprint density at radius 3 is 0.931 bits per heavy atom. The van der Waals surface area contributed by atoms with Gasteiger partial charge in [0.1, 0.15) is 17.1 Å². The normalized spacial score (nSPS) is 11.6. The van der Waals surface area contributed by atoms with Crippen LogP contribution in [0.3, 0.4) is 0 Å². The van der Waals surface area contributed by atoms with Gasteiger partial charge in [-0.1, -0.05) is 133 Å². The fourth-order valence-electron chi connectivity index (χ4n) is 14.4. The van der Waals surface area contributed by atoms with Crippen molar-refractivity contribution < 1.29 is 4.39 Å². The molecule has 12 aromatic heterocycles. The van der Waals surface area contributed by atoms with Crippen LogP contribution in [0, 0.1) is 5.82 Å². The summed E-state index contributed by atoms with van der Waals surface area (Å²) in [5, 5.41) is 6.67. The van der Waals surface area contributed by atoms with Crippen molar-refractivity contribution in [3.63, 3.8) is 0 Å². The van der Waals surface area contributed by atoms with Crippen LogP contribution in [0.1, 0.15) is 0 Å². The predicted molar refractivity (Wildman–Crippen MR) is 405 cm³/mol. The van der Waals surface area contributed by atoms with E-state index in [4.69, 9.17) is 24.9 Å². The number of nitrogens with zero attached hydrogens (tertiary/aromatic N) is 12. The van der Waals surface area contributed by atoms with Gasteiger partial charge in [0, 0.05) is 96.4 Å². The highest BCUT2D eigenvalue weighted by molar-refractivity contribution is 6.10. The topological polar surface area (TPSA) is 123 Å². The molecular formula is C88H55FN12. The fourth-order valence-corrected chi connectivity index (χ4v) is 14.4.